The third-order valence-corrected chi connectivity index (χ3v) is 3.16. The van der Waals surface area contributed by atoms with E-state index in [0.717, 1.165) is 6.67 Å². The van der Waals surface area contributed by atoms with E-state index in [1.54, 1.807) is 0 Å². The van der Waals surface area contributed by atoms with Crippen molar-refractivity contribution in [3.05, 3.63) is 0 Å². The fourth-order valence-corrected chi connectivity index (χ4v) is 2.46. The Morgan fingerprint density at radius 2 is 1.31 bits per heavy atom. The van der Waals surface area contributed by atoms with Crippen molar-refractivity contribution in [2.24, 2.45) is 5.41 Å². The minimum atomic E-state index is 0. The molecule has 0 aromatic rings. The first-order valence-electron chi connectivity index (χ1n) is 4.83. The summed E-state index contributed by atoms with van der Waals surface area (Å²) in [4.78, 5) is 0. The molecule has 0 aromatic heterocycles. The van der Waals surface area contributed by atoms with E-state index in [2.05, 4.69) is 10.6 Å². The lowest BCUT2D eigenvalue weighted by Gasteiger charge is -2.41. The molecule has 4 nitrogen and oxygen atoms in total. The van der Waals surface area contributed by atoms with Crippen molar-refractivity contribution in [1.82, 2.24) is 10.6 Å². The summed E-state index contributed by atoms with van der Waals surface area (Å²) in [5.41, 5.74) is 0.635. The Labute approximate surface area is 79.7 Å². The summed E-state index contributed by atoms with van der Waals surface area (Å²) >= 11 is 0. The fourth-order valence-electron chi connectivity index (χ4n) is 2.46. The van der Waals surface area contributed by atoms with Gasteiger partial charge in [-0.25, -0.2) is 0 Å². The summed E-state index contributed by atoms with van der Waals surface area (Å²) in [5, 5.41) is 6.87. The van der Waals surface area contributed by atoms with E-state index >= 15 is 0 Å². The van der Waals surface area contributed by atoms with Crippen LogP contribution in [-0.4, -0.2) is 30.7 Å². The highest BCUT2D eigenvalue weighted by Crippen LogP contribution is 2.35. The summed E-state index contributed by atoms with van der Waals surface area (Å²) in [5.74, 6) is 0. The lowest BCUT2D eigenvalue weighted by Crippen LogP contribution is -2.52. The number of rotatable bonds is 0. The predicted molar refractivity (Wildman–Crippen MR) is 53.6 cm³/mol. The second-order valence-electron chi connectivity index (χ2n) is 4.09. The van der Waals surface area contributed by atoms with Crippen molar-refractivity contribution in [3.8, 4) is 0 Å². The fraction of sp³-hybridized carbons (Fsp3) is 1.00. The van der Waals surface area contributed by atoms with E-state index < -0.39 is 0 Å². The van der Waals surface area contributed by atoms with E-state index in [9.17, 15) is 0 Å². The predicted octanol–water partition coefficient (Wildman–Crippen LogP) is -0.562. The quantitative estimate of drug-likeness (QED) is 0.536. The third-order valence-electron chi connectivity index (χ3n) is 3.16. The van der Waals surface area contributed by atoms with Gasteiger partial charge in [-0.15, -0.1) is 0 Å². The van der Waals surface area contributed by atoms with Crippen molar-refractivity contribution >= 4 is 0 Å². The lowest BCUT2D eigenvalue weighted by molar-refractivity contribution is 0.148. The Bertz CT molecular complexity index is 110. The standard InChI is InChI=1S/C9H18N2.2H2O/c1-2-4-9(5-3-1)6-10-8-11-7-9;;/h10-11H,1-8H2;2*1H2. The Balaban J connectivity index is 0.000000720. The molecule has 2 rings (SSSR count). The molecule has 0 radical (unpaired) electrons. The van der Waals surface area contributed by atoms with Gasteiger partial charge in [-0.05, 0) is 18.3 Å². The van der Waals surface area contributed by atoms with Gasteiger partial charge in [0, 0.05) is 19.8 Å². The van der Waals surface area contributed by atoms with Crippen LogP contribution in [0, 0.1) is 5.41 Å². The first-order chi connectivity index (χ1) is 5.41. The average molecular weight is 190 g/mol. The number of hydrogen-bond acceptors (Lipinski definition) is 2. The molecule has 80 valence electrons. The third kappa shape index (κ3) is 2.91. The van der Waals surface area contributed by atoms with Crippen molar-refractivity contribution < 1.29 is 11.0 Å². The van der Waals surface area contributed by atoms with Gasteiger partial charge in [-0.2, -0.15) is 0 Å². The SMILES string of the molecule is C1CCC2(CC1)CNCNC2.O.O. The molecule has 0 bridgehead atoms. The Morgan fingerprint density at radius 3 is 1.85 bits per heavy atom. The second-order valence-corrected chi connectivity index (χ2v) is 4.09. The van der Waals surface area contributed by atoms with Gasteiger partial charge >= 0.3 is 0 Å². The number of hydrogen-bond donors (Lipinski definition) is 2. The van der Waals surface area contributed by atoms with Crippen LogP contribution in [0.3, 0.4) is 0 Å². The summed E-state index contributed by atoms with van der Waals surface area (Å²) in [6.07, 6.45) is 7.23. The monoisotopic (exact) mass is 190 g/mol. The zero-order valence-corrected chi connectivity index (χ0v) is 8.16. The van der Waals surface area contributed by atoms with Crippen molar-refractivity contribution in [2.75, 3.05) is 19.8 Å². The molecule has 6 N–H and O–H groups in total. The van der Waals surface area contributed by atoms with Crippen molar-refractivity contribution in [3.63, 3.8) is 0 Å². The first kappa shape index (κ1) is 12.8. The Kier molecular flexibility index (Phi) is 5.48. The minimum Gasteiger partial charge on any atom is -0.412 e. The molecule has 2 aliphatic rings. The van der Waals surface area contributed by atoms with Crippen LogP contribution < -0.4 is 10.6 Å². The molecule has 2 fully saturated rings. The van der Waals surface area contributed by atoms with Gasteiger partial charge in [-0.1, -0.05) is 19.3 Å². The van der Waals surface area contributed by atoms with Crippen LogP contribution in [-0.2, 0) is 0 Å². The Morgan fingerprint density at radius 1 is 0.769 bits per heavy atom. The molecule has 1 aliphatic heterocycles. The molecule has 1 aliphatic carbocycles. The van der Waals surface area contributed by atoms with Crippen LogP contribution in [0.2, 0.25) is 0 Å². The second kappa shape index (κ2) is 5.54. The largest absolute Gasteiger partial charge is 0.412 e. The van der Waals surface area contributed by atoms with Gasteiger partial charge in [0.25, 0.3) is 0 Å². The van der Waals surface area contributed by atoms with E-state index in [1.807, 2.05) is 0 Å². The molecule has 1 saturated carbocycles. The molecular weight excluding hydrogens is 168 g/mol. The van der Waals surface area contributed by atoms with Crippen LogP contribution in [0.4, 0.5) is 0 Å². The van der Waals surface area contributed by atoms with E-state index in [4.69, 9.17) is 0 Å². The summed E-state index contributed by atoms with van der Waals surface area (Å²) < 4.78 is 0. The maximum absolute atomic E-state index is 3.43. The summed E-state index contributed by atoms with van der Waals surface area (Å²) in [7, 11) is 0. The molecule has 0 aromatic carbocycles. The molecule has 1 spiro atoms. The van der Waals surface area contributed by atoms with E-state index in [0.29, 0.717) is 5.41 Å². The maximum Gasteiger partial charge on any atom is 0.0454 e. The molecule has 13 heavy (non-hydrogen) atoms. The minimum absolute atomic E-state index is 0. The topological polar surface area (TPSA) is 87.1 Å². The van der Waals surface area contributed by atoms with Crippen molar-refractivity contribution in [1.29, 1.82) is 0 Å². The molecule has 4 heteroatoms. The smallest absolute Gasteiger partial charge is 0.0454 e. The maximum atomic E-state index is 3.43. The van der Waals surface area contributed by atoms with Crippen LogP contribution in [0.1, 0.15) is 32.1 Å². The van der Waals surface area contributed by atoms with Gasteiger partial charge < -0.3 is 21.6 Å². The van der Waals surface area contributed by atoms with Crippen molar-refractivity contribution in [2.45, 2.75) is 32.1 Å². The normalized spacial score (nSPS) is 25.8. The van der Waals surface area contributed by atoms with Gasteiger partial charge in [0.15, 0.2) is 0 Å². The van der Waals surface area contributed by atoms with E-state index in [-0.39, 0.29) is 11.0 Å². The highest BCUT2D eigenvalue weighted by Gasteiger charge is 2.32. The van der Waals surface area contributed by atoms with Gasteiger partial charge in [0.2, 0.25) is 0 Å². The molecule has 0 amide bonds. The van der Waals surface area contributed by atoms with E-state index in [1.165, 1.54) is 45.2 Å². The van der Waals surface area contributed by atoms with Crippen LogP contribution in [0.15, 0.2) is 0 Å². The van der Waals surface area contributed by atoms with Gasteiger partial charge in [-0.3, -0.25) is 0 Å². The van der Waals surface area contributed by atoms with Crippen LogP contribution in [0.25, 0.3) is 0 Å². The first-order valence-corrected chi connectivity index (χ1v) is 4.83. The Hall–Kier alpha value is -0.160. The summed E-state index contributed by atoms with van der Waals surface area (Å²) in [6.45, 7) is 3.52. The number of nitrogens with one attached hydrogen (secondary N) is 2. The lowest BCUT2D eigenvalue weighted by atomic mass is 9.73. The average Bonchev–Trinajstić information content (AvgIpc) is 2.07. The highest BCUT2D eigenvalue weighted by molar-refractivity contribution is 4.88. The summed E-state index contributed by atoms with van der Waals surface area (Å²) in [6, 6.07) is 0. The van der Waals surface area contributed by atoms with Gasteiger partial charge in [0.1, 0.15) is 0 Å². The molecule has 0 unspecified atom stereocenters. The van der Waals surface area contributed by atoms with Crippen LogP contribution >= 0.6 is 0 Å². The van der Waals surface area contributed by atoms with Gasteiger partial charge in [0.05, 0.1) is 0 Å². The van der Waals surface area contributed by atoms with Crippen LogP contribution in [0.5, 0.6) is 0 Å². The molecule has 0 atom stereocenters. The zero-order valence-electron chi connectivity index (χ0n) is 8.16. The molecule has 1 heterocycles. The zero-order chi connectivity index (χ0) is 7.57. The molecular formula is C9H22N2O2. The molecule has 1 saturated heterocycles. The highest BCUT2D eigenvalue weighted by atomic mass is 16.0.